The molecular formula is C27H30N6O5S. The molecule has 0 spiro atoms. The van der Waals surface area contributed by atoms with Crippen LogP contribution in [0.2, 0.25) is 0 Å². The van der Waals surface area contributed by atoms with Crippen molar-refractivity contribution in [2.45, 2.75) is 20.3 Å². The second-order valence-electron chi connectivity index (χ2n) is 8.36. The molecule has 1 amide bonds. The first-order valence-corrected chi connectivity index (χ1v) is 13.4. The summed E-state index contributed by atoms with van der Waals surface area (Å²) in [6.45, 7) is 5.36. The number of aliphatic hydroxyl groups is 1. The Labute approximate surface area is 229 Å². The van der Waals surface area contributed by atoms with Gasteiger partial charge in [0.15, 0.2) is 5.69 Å². The zero-order valence-electron chi connectivity index (χ0n) is 21.7. The highest BCUT2D eigenvalue weighted by Crippen LogP contribution is 2.29. The molecule has 0 fully saturated rings. The Morgan fingerprint density at radius 2 is 1.95 bits per heavy atom. The van der Waals surface area contributed by atoms with Gasteiger partial charge in [0.25, 0.3) is 5.91 Å². The maximum absolute atomic E-state index is 13.1. The predicted octanol–water partition coefficient (Wildman–Crippen LogP) is 4.54. The lowest BCUT2D eigenvalue weighted by Gasteiger charge is -2.06. The summed E-state index contributed by atoms with van der Waals surface area (Å²) in [5, 5.41) is 25.3. The highest BCUT2D eigenvalue weighted by molar-refractivity contribution is 7.12. The first kappa shape index (κ1) is 27.9. The second-order valence-corrected chi connectivity index (χ2v) is 9.20. The van der Waals surface area contributed by atoms with Crippen LogP contribution in [-0.4, -0.2) is 58.8 Å². The Morgan fingerprint density at radius 3 is 2.72 bits per heavy atom. The van der Waals surface area contributed by atoms with Gasteiger partial charge in [-0.15, -0.1) is 21.6 Å². The molecule has 4 aromatic rings. The second kappa shape index (κ2) is 13.6. The van der Waals surface area contributed by atoms with Crippen molar-refractivity contribution in [2.75, 3.05) is 33.0 Å². The van der Waals surface area contributed by atoms with Crippen molar-refractivity contribution >= 4 is 28.6 Å². The number of ether oxygens (including phenoxy) is 2. The van der Waals surface area contributed by atoms with Gasteiger partial charge in [-0.2, -0.15) is 4.68 Å². The van der Waals surface area contributed by atoms with E-state index in [0.29, 0.717) is 66.3 Å². The summed E-state index contributed by atoms with van der Waals surface area (Å²) in [4.78, 5) is 30.1. The van der Waals surface area contributed by atoms with Crippen LogP contribution < -0.4 is 15.6 Å². The molecule has 0 saturated heterocycles. The van der Waals surface area contributed by atoms with E-state index in [4.69, 9.17) is 14.6 Å². The van der Waals surface area contributed by atoms with Gasteiger partial charge in [0.2, 0.25) is 5.13 Å². The molecule has 0 unspecified atom stereocenters. The third-order valence-electron chi connectivity index (χ3n) is 5.58. The minimum Gasteiger partial charge on any atom is -0.492 e. The average molecular weight is 551 g/mol. The van der Waals surface area contributed by atoms with Crippen molar-refractivity contribution in [2.24, 2.45) is 10.2 Å². The molecule has 2 aromatic heterocycles. The van der Waals surface area contributed by atoms with E-state index in [1.807, 2.05) is 36.6 Å². The summed E-state index contributed by atoms with van der Waals surface area (Å²) in [6, 6.07) is 14.3. The van der Waals surface area contributed by atoms with Crippen LogP contribution in [0.4, 0.5) is 11.4 Å². The number of aryl methyl sites for hydroxylation is 1. The first-order valence-electron chi connectivity index (χ1n) is 12.5. The van der Waals surface area contributed by atoms with E-state index in [0.717, 1.165) is 5.56 Å². The van der Waals surface area contributed by atoms with E-state index in [2.05, 4.69) is 25.6 Å². The van der Waals surface area contributed by atoms with Crippen molar-refractivity contribution in [1.82, 2.24) is 20.1 Å². The molecular weight excluding hydrogens is 520 g/mol. The third-order valence-corrected chi connectivity index (χ3v) is 6.40. The smallest absolute Gasteiger partial charge is 0.301 e. The van der Waals surface area contributed by atoms with Gasteiger partial charge in [0.1, 0.15) is 11.4 Å². The molecule has 0 radical (unpaired) electrons. The molecule has 12 heteroatoms. The number of H-pyrrole nitrogens is 1. The maximum Gasteiger partial charge on any atom is 0.301 e. The number of hydrogen-bond donors (Lipinski definition) is 3. The minimum absolute atomic E-state index is 0.0154. The molecule has 3 N–H and O–H groups in total. The van der Waals surface area contributed by atoms with E-state index in [1.54, 1.807) is 31.2 Å². The van der Waals surface area contributed by atoms with Crippen LogP contribution in [-0.2, 0) is 4.74 Å². The van der Waals surface area contributed by atoms with Crippen molar-refractivity contribution in [3.8, 4) is 22.1 Å². The Balaban J connectivity index is 1.44. The lowest BCUT2D eigenvalue weighted by Crippen LogP contribution is -2.25. The number of amides is 1. The summed E-state index contributed by atoms with van der Waals surface area (Å²) in [7, 11) is 0. The van der Waals surface area contributed by atoms with Gasteiger partial charge in [-0.05, 0) is 44.5 Å². The molecule has 204 valence electrons. The zero-order chi connectivity index (χ0) is 27.6. The van der Waals surface area contributed by atoms with Gasteiger partial charge in [0.05, 0.1) is 31.2 Å². The van der Waals surface area contributed by atoms with Crippen molar-refractivity contribution in [1.29, 1.82) is 0 Å². The standard InChI is InChI=1S/C27H30N6O5S/c1-3-38-23-8-5-4-7-21(23)30-31-24-18(2)32-33(26(24)36)27-29-22(17-39-27)19-9-11-20(12-10-19)25(35)28-13-6-15-37-16-14-34/h4-5,7-12,17,32,34H,3,6,13-16H2,1-2H3,(H,28,35). The topological polar surface area (TPSA) is 143 Å². The normalized spacial score (nSPS) is 11.3. The van der Waals surface area contributed by atoms with E-state index in [1.165, 1.54) is 16.0 Å². The SMILES string of the molecule is CCOc1ccccc1N=Nc1c(C)[nH]n(-c2nc(-c3ccc(C(=O)NCCCOCCO)cc3)cs2)c1=O. The molecule has 0 atom stereocenters. The van der Waals surface area contributed by atoms with Gasteiger partial charge < -0.3 is 19.9 Å². The van der Waals surface area contributed by atoms with Crippen molar-refractivity contribution in [3.63, 3.8) is 0 Å². The van der Waals surface area contributed by atoms with E-state index in [9.17, 15) is 9.59 Å². The fourth-order valence-corrected chi connectivity index (χ4v) is 4.44. The molecule has 0 aliphatic heterocycles. The molecule has 0 aliphatic rings. The number of aromatic nitrogens is 3. The van der Waals surface area contributed by atoms with Gasteiger partial charge in [0, 0.05) is 29.7 Å². The van der Waals surface area contributed by atoms with Crippen LogP contribution >= 0.6 is 11.3 Å². The third kappa shape index (κ3) is 7.05. The number of thiazole rings is 1. The number of para-hydroxylation sites is 1. The minimum atomic E-state index is -0.361. The van der Waals surface area contributed by atoms with Crippen LogP contribution in [0.15, 0.2) is 68.9 Å². The first-order chi connectivity index (χ1) is 19.0. The van der Waals surface area contributed by atoms with Gasteiger partial charge in [-0.1, -0.05) is 24.3 Å². The van der Waals surface area contributed by atoms with Gasteiger partial charge in [-0.25, -0.2) is 4.98 Å². The molecule has 39 heavy (non-hydrogen) atoms. The van der Waals surface area contributed by atoms with Crippen molar-refractivity contribution in [3.05, 3.63) is 75.5 Å². The molecule has 0 bridgehead atoms. The molecule has 4 rings (SSSR count). The van der Waals surface area contributed by atoms with Crippen LogP contribution in [0.1, 0.15) is 29.4 Å². The summed E-state index contributed by atoms with van der Waals surface area (Å²) >= 11 is 1.31. The van der Waals surface area contributed by atoms with Gasteiger partial charge >= 0.3 is 5.56 Å². The molecule has 0 saturated carbocycles. The number of rotatable bonds is 13. The molecule has 0 aliphatic carbocycles. The number of aromatic amines is 1. The number of carbonyl (C=O) groups is 1. The van der Waals surface area contributed by atoms with Crippen molar-refractivity contribution < 1.29 is 19.4 Å². The number of azo groups is 1. The van der Waals surface area contributed by atoms with Crippen LogP contribution in [0.5, 0.6) is 5.75 Å². The number of benzene rings is 2. The molecule has 2 aromatic carbocycles. The van der Waals surface area contributed by atoms with E-state index < -0.39 is 0 Å². The lowest BCUT2D eigenvalue weighted by atomic mass is 10.1. The number of nitrogens with one attached hydrogen (secondary N) is 2. The number of nitrogens with zero attached hydrogens (tertiary/aromatic N) is 4. The van der Waals surface area contributed by atoms with Crippen LogP contribution in [0.3, 0.4) is 0 Å². The van der Waals surface area contributed by atoms with Crippen LogP contribution in [0.25, 0.3) is 16.4 Å². The Morgan fingerprint density at radius 1 is 1.15 bits per heavy atom. The molecule has 11 nitrogen and oxygen atoms in total. The Bertz CT molecular complexity index is 1470. The number of carbonyl (C=O) groups excluding carboxylic acids is 1. The maximum atomic E-state index is 13.1. The predicted molar refractivity (Wildman–Crippen MR) is 149 cm³/mol. The Hall–Kier alpha value is -4.13. The highest BCUT2D eigenvalue weighted by atomic mass is 32.1. The summed E-state index contributed by atoms with van der Waals surface area (Å²) < 4.78 is 12.1. The van der Waals surface area contributed by atoms with Crippen LogP contribution in [0, 0.1) is 6.92 Å². The number of hydrogen-bond acceptors (Lipinski definition) is 9. The highest BCUT2D eigenvalue weighted by Gasteiger charge is 2.16. The van der Waals surface area contributed by atoms with E-state index >= 15 is 0 Å². The number of aliphatic hydroxyl groups excluding tert-OH is 1. The summed E-state index contributed by atoms with van der Waals surface area (Å²) in [5.74, 6) is 0.413. The largest absolute Gasteiger partial charge is 0.492 e. The van der Waals surface area contributed by atoms with Gasteiger partial charge in [-0.3, -0.25) is 14.7 Å². The van der Waals surface area contributed by atoms with E-state index in [-0.39, 0.29) is 23.8 Å². The quantitative estimate of drug-likeness (QED) is 0.165. The summed E-state index contributed by atoms with van der Waals surface area (Å²) in [6.07, 6.45) is 0.659. The lowest BCUT2D eigenvalue weighted by molar-refractivity contribution is 0.0867. The average Bonchev–Trinajstić information content (AvgIpc) is 3.54. The zero-order valence-corrected chi connectivity index (χ0v) is 22.5. The Kier molecular flexibility index (Phi) is 9.73. The fraction of sp³-hybridized carbons (Fsp3) is 0.296. The monoisotopic (exact) mass is 550 g/mol. The summed E-state index contributed by atoms with van der Waals surface area (Å²) in [5.41, 5.74) is 2.94. The fourth-order valence-electron chi connectivity index (χ4n) is 3.65. The molecule has 2 heterocycles.